The summed E-state index contributed by atoms with van der Waals surface area (Å²) < 4.78 is 11.3. The second-order valence-electron chi connectivity index (χ2n) is 8.74. The van der Waals surface area contributed by atoms with Gasteiger partial charge in [0.15, 0.2) is 18.1 Å². The van der Waals surface area contributed by atoms with Crippen LogP contribution in [-0.4, -0.2) is 60.1 Å². The van der Waals surface area contributed by atoms with Gasteiger partial charge in [0, 0.05) is 44.8 Å². The summed E-state index contributed by atoms with van der Waals surface area (Å²) in [4.78, 5) is 30.7. The van der Waals surface area contributed by atoms with Crippen molar-refractivity contribution in [3.05, 3.63) is 59.7 Å². The summed E-state index contributed by atoms with van der Waals surface area (Å²) in [6.07, 6.45) is 7.20. The molecule has 0 saturated carbocycles. The van der Waals surface area contributed by atoms with Crippen LogP contribution in [-0.2, 0) is 4.79 Å². The number of carbonyl (C=O) groups is 1. The predicted molar refractivity (Wildman–Crippen MR) is 131 cm³/mol. The smallest absolute Gasteiger partial charge is 0.261 e. The first-order valence-corrected chi connectivity index (χ1v) is 11.4. The van der Waals surface area contributed by atoms with Crippen LogP contribution in [0.1, 0.15) is 35.7 Å². The number of hydrogen-bond donors (Lipinski definition) is 0. The van der Waals surface area contributed by atoms with Crippen molar-refractivity contribution in [1.29, 1.82) is 0 Å². The van der Waals surface area contributed by atoms with Gasteiger partial charge in [0.1, 0.15) is 0 Å². The molecule has 8 nitrogen and oxygen atoms in total. The van der Waals surface area contributed by atoms with Gasteiger partial charge in [-0.2, -0.15) is 0 Å². The van der Waals surface area contributed by atoms with E-state index in [2.05, 4.69) is 9.97 Å². The topological polar surface area (TPSA) is 80.7 Å². The van der Waals surface area contributed by atoms with Crippen molar-refractivity contribution in [2.75, 3.05) is 39.3 Å². The number of aromatic nitrogens is 3. The van der Waals surface area contributed by atoms with Gasteiger partial charge in [0.25, 0.3) is 5.91 Å². The van der Waals surface area contributed by atoms with Crippen molar-refractivity contribution < 1.29 is 14.3 Å². The van der Waals surface area contributed by atoms with E-state index in [4.69, 9.17) is 14.5 Å². The van der Waals surface area contributed by atoms with Gasteiger partial charge >= 0.3 is 0 Å². The highest BCUT2D eigenvalue weighted by molar-refractivity contribution is 5.79. The van der Waals surface area contributed by atoms with Gasteiger partial charge in [-0.15, -0.1) is 0 Å². The van der Waals surface area contributed by atoms with E-state index in [1.807, 2.05) is 74.4 Å². The lowest BCUT2D eigenvalue weighted by Crippen LogP contribution is -2.35. The summed E-state index contributed by atoms with van der Waals surface area (Å²) >= 11 is 0. The van der Waals surface area contributed by atoms with E-state index in [-0.39, 0.29) is 18.6 Å². The quantitative estimate of drug-likeness (QED) is 0.527. The largest absolute Gasteiger partial charge is 0.493 e. The Labute approximate surface area is 200 Å². The van der Waals surface area contributed by atoms with Crippen LogP contribution in [0.25, 0.3) is 11.1 Å². The fourth-order valence-corrected chi connectivity index (χ4v) is 4.30. The molecule has 3 heterocycles. The number of likely N-dealkylation sites (tertiary alicyclic amines) is 1. The van der Waals surface area contributed by atoms with Crippen LogP contribution in [0.4, 0.5) is 5.95 Å². The molecule has 1 amide bonds. The number of ether oxygens (including phenoxy) is 2. The Morgan fingerprint density at radius 2 is 1.97 bits per heavy atom. The minimum absolute atomic E-state index is 0.0643. The second kappa shape index (κ2) is 10.1. The fourth-order valence-electron chi connectivity index (χ4n) is 4.30. The number of anilines is 1. The van der Waals surface area contributed by atoms with E-state index in [1.54, 1.807) is 13.3 Å². The van der Waals surface area contributed by atoms with E-state index in [0.29, 0.717) is 24.0 Å². The van der Waals surface area contributed by atoms with Crippen LogP contribution in [0.15, 0.2) is 42.9 Å². The van der Waals surface area contributed by atoms with Crippen molar-refractivity contribution in [2.24, 2.45) is 0 Å². The lowest BCUT2D eigenvalue weighted by molar-refractivity contribution is -0.134. The number of amides is 1. The summed E-state index contributed by atoms with van der Waals surface area (Å²) in [6.45, 7) is 4.60. The highest BCUT2D eigenvalue weighted by atomic mass is 16.5. The highest BCUT2D eigenvalue weighted by Gasteiger charge is 2.34. The van der Waals surface area contributed by atoms with Crippen LogP contribution in [0.2, 0.25) is 0 Å². The maximum atomic E-state index is 13.3. The molecule has 8 heteroatoms. The number of pyridine rings is 1. The third-order valence-electron chi connectivity index (χ3n) is 6.08. The molecule has 1 fully saturated rings. The second-order valence-corrected chi connectivity index (χ2v) is 8.74. The zero-order valence-electron chi connectivity index (χ0n) is 20.4. The molecule has 1 atom stereocenters. The molecule has 1 aliphatic rings. The lowest BCUT2D eigenvalue weighted by atomic mass is 9.98. The molecule has 1 saturated heterocycles. The Balaban J connectivity index is 1.63. The molecule has 0 radical (unpaired) electrons. The monoisotopic (exact) mass is 461 g/mol. The maximum absolute atomic E-state index is 13.3. The number of carbonyl (C=O) groups excluding carboxylic acids is 1. The number of methoxy groups -OCH3 is 1. The van der Waals surface area contributed by atoms with Crippen LogP contribution in [0.5, 0.6) is 11.5 Å². The predicted octanol–water partition coefficient (Wildman–Crippen LogP) is 3.97. The molecule has 0 bridgehead atoms. The number of benzene rings is 1. The number of nitrogens with zero attached hydrogens (tertiary/aromatic N) is 5. The van der Waals surface area contributed by atoms with Crippen LogP contribution in [0.3, 0.4) is 0 Å². The van der Waals surface area contributed by atoms with Crippen LogP contribution < -0.4 is 14.4 Å². The summed E-state index contributed by atoms with van der Waals surface area (Å²) in [7, 11) is 5.42. The Kier molecular flexibility index (Phi) is 6.95. The molecule has 4 rings (SSSR count). The molecule has 0 N–H and O–H groups in total. The SMILES string of the molecule is COc1cc(C)ccc1OCC(=O)N1CCC[C@H]1c1nc(N(C)C)ncc1-c1ccncc1C. The molecule has 0 aliphatic carbocycles. The van der Waals surface area contributed by atoms with Gasteiger partial charge in [-0.05, 0) is 61.6 Å². The fraction of sp³-hybridized carbons (Fsp3) is 0.385. The summed E-state index contributed by atoms with van der Waals surface area (Å²) in [5.74, 6) is 1.72. The first-order valence-electron chi connectivity index (χ1n) is 11.4. The molecular formula is C26H31N5O3. The third kappa shape index (κ3) is 4.81. The average Bonchev–Trinajstić information content (AvgIpc) is 3.33. The van der Waals surface area contributed by atoms with Gasteiger partial charge in [0.2, 0.25) is 5.95 Å². The van der Waals surface area contributed by atoms with Crippen molar-refractivity contribution in [3.63, 3.8) is 0 Å². The van der Waals surface area contributed by atoms with Crippen molar-refractivity contribution >= 4 is 11.9 Å². The van der Waals surface area contributed by atoms with Gasteiger partial charge < -0.3 is 19.3 Å². The van der Waals surface area contributed by atoms with E-state index < -0.39 is 0 Å². The molecule has 0 spiro atoms. The molecule has 34 heavy (non-hydrogen) atoms. The summed E-state index contributed by atoms with van der Waals surface area (Å²) in [5, 5.41) is 0. The van der Waals surface area contributed by atoms with E-state index >= 15 is 0 Å². The molecule has 1 aromatic carbocycles. The van der Waals surface area contributed by atoms with Crippen molar-refractivity contribution in [2.45, 2.75) is 32.7 Å². The molecule has 2 aromatic heterocycles. The van der Waals surface area contributed by atoms with Crippen molar-refractivity contribution in [1.82, 2.24) is 19.9 Å². The van der Waals surface area contributed by atoms with Gasteiger partial charge in [-0.3, -0.25) is 9.78 Å². The van der Waals surface area contributed by atoms with Crippen molar-refractivity contribution in [3.8, 4) is 22.6 Å². The van der Waals surface area contributed by atoms with E-state index in [0.717, 1.165) is 40.8 Å². The number of hydrogen-bond acceptors (Lipinski definition) is 7. The van der Waals surface area contributed by atoms with E-state index in [9.17, 15) is 4.79 Å². The highest BCUT2D eigenvalue weighted by Crippen LogP contribution is 2.38. The molecular weight excluding hydrogens is 430 g/mol. The van der Waals surface area contributed by atoms with E-state index in [1.165, 1.54) is 0 Å². The number of aryl methyl sites for hydroxylation is 2. The minimum Gasteiger partial charge on any atom is -0.493 e. The summed E-state index contributed by atoms with van der Waals surface area (Å²) in [5.41, 5.74) is 4.91. The Morgan fingerprint density at radius 3 is 2.71 bits per heavy atom. The van der Waals surface area contributed by atoms with Gasteiger partial charge in [-0.1, -0.05) is 6.07 Å². The summed E-state index contributed by atoms with van der Waals surface area (Å²) in [6, 6.07) is 7.49. The molecule has 178 valence electrons. The Bertz CT molecular complexity index is 1180. The normalized spacial score (nSPS) is 15.3. The molecule has 3 aromatic rings. The van der Waals surface area contributed by atoms with Crippen LogP contribution in [0, 0.1) is 13.8 Å². The zero-order chi connectivity index (χ0) is 24.2. The maximum Gasteiger partial charge on any atom is 0.261 e. The van der Waals surface area contributed by atoms with Gasteiger partial charge in [0.05, 0.1) is 18.8 Å². The number of rotatable bonds is 7. The van der Waals surface area contributed by atoms with Crippen LogP contribution >= 0.6 is 0 Å². The van der Waals surface area contributed by atoms with Gasteiger partial charge in [-0.25, -0.2) is 9.97 Å². The average molecular weight is 462 g/mol. The Hall–Kier alpha value is -3.68. The first-order chi connectivity index (χ1) is 16.4. The zero-order valence-corrected chi connectivity index (χ0v) is 20.4. The standard InChI is InChI=1S/C26H31N5O3/c1-17-8-9-22(23(13-17)33-5)34-16-24(32)31-12-6-7-21(31)25-20(15-28-26(29-25)30(3)4)19-10-11-27-14-18(19)2/h8-11,13-15,21H,6-7,12,16H2,1-5H3/t21-/m0/s1. The minimum atomic E-state index is -0.153. The molecule has 0 unspecified atom stereocenters. The lowest BCUT2D eigenvalue weighted by Gasteiger charge is -2.27. The Morgan fingerprint density at radius 1 is 1.15 bits per heavy atom. The first kappa shape index (κ1) is 23.5. The third-order valence-corrected chi connectivity index (χ3v) is 6.08. The molecule has 1 aliphatic heterocycles.